The van der Waals surface area contributed by atoms with E-state index in [4.69, 9.17) is 15.7 Å². The summed E-state index contributed by atoms with van der Waals surface area (Å²) in [6, 6.07) is 4.99. The monoisotopic (exact) mass is 180 g/mol. The standard InChI is InChI=1S/C9H9FN2O/c1-13-8-3-6(9(12)5-11)2-7(10)4-8/h2-4,9H,12H2,1H3/t9-/m1/s1. The molecule has 0 heterocycles. The third-order valence-corrected chi connectivity index (χ3v) is 1.63. The maximum atomic E-state index is 12.9. The lowest BCUT2D eigenvalue weighted by Crippen LogP contribution is -2.07. The van der Waals surface area contributed by atoms with Gasteiger partial charge in [0.1, 0.15) is 17.6 Å². The van der Waals surface area contributed by atoms with Crippen LogP contribution < -0.4 is 10.5 Å². The van der Waals surface area contributed by atoms with Crippen LogP contribution in [0, 0.1) is 17.1 Å². The van der Waals surface area contributed by atoms with Crippen LogP contribution in [0.15, 0.2) is 18.2 Å². The number of hydrogen-bond acceptors (Lipinski definition) is 3. The number of halogens is 1. The third kappa shape index (κ3) is 2.17. The Bertz CT molecular complexity index is 346. The van der Waals surface area contributed by atoms with E-state index in [0.717, 1.165) is 0 Å². The molecule has 0 saturated carbocycles. The highest BCUT2D eigenvalue weighted by Crippen LogP contribution is 2.19. The van der Waals surface area contributed by atoms with E-state index in [1.807, 2.05) is 6.07 Å². The molecule has 0 aliphatic rings. The number of ether oxygens (including phenoxy) is 1. The molecule has 1 rings (SSSR count). The van der Waals surface area contributed by atoms with E-state index in [2.05, 4.69) is 0 Å². The molecule has 1 aromatic carbocycles. The summed E-state index contributed by atoms with van der Waals surface area (Å²) in [7, 11) is 1.43. The van der Waals surface area contributed by atoms with E-state index >= 15 is 0 Å². The fourth-order valence-corrected chi connectivity index (χ4v) is 0.956. The van der Waals surface area contributed by atoms with Gasteiger partial charge in [-0.3, -0.25) is 0 Å². The van der Waals surface area contributed by atoms with Gasteiger partial charge in [-0.05, 0) is 17.7 Å². The zero-order valence-corrected chi connectivity index (χ0v) is 7.12. The molecule has 0 amide bonds. The zero-order chi connectivity index (χ0) is 9.84. The van der Waals surface area contributed by atoms with Crippen molar-refractivity contribution in [3.05, 3.63) is 29.6 Å². The van der Waals surface area contributed by atoms with Crippen molar-refractivity contribution in [1.82, 2.24) is 0 Å². The van der Waals surface area contributed by atoms with Crippen molar-refractivity contribution in [2.24, 2.45) is 5.73 Å². The number of methoxy groups -OCH3 is 1. The number of hydrogen-bond donors (Lipinski definition) is 1. The lowest BCUT2D eigenvalue weighted by molar-refractivity contribution is 0.410. The van der Waals surface area contributed by atoms with Crippen molar-refractivity contribution >= 4 is 0 Å². The van der Waals surface area contributed by atoms with Crippen molar-refractivity contribution in [3.8, 4) is 11.8 Å². The van der Waals surface area contributed by atoms with Gasteiger partial charge in [0.25, 0.3) is 0 Å². The highest BCUT2D eigenvalue weighted by Gasteiger charge is 2.07. The van der Waals surface area contributed by atoms with E-state index in [9.17, 15) is 4.39 Å². The van der Waals surface area contributed by atoms with Crippen molar-refractivity contribution < 1.29 is 9.13 Å². The zero-order valence-electron chi connectivity index (χ0n) is 7.12. The SMILES string of the molecule is COc1cc(F)cc([C@H](N)C#N)c1. The van der Waals surface area contributed by atoms with Crippen LogP contribution in [0.1, 0.15) is 11.6 Å². The largest absolute Gasteiger partial charge is 0.497 e. The highest BCUT2D eigenvalue weighted by atomic mass is 19.1. The average molecular weight is 180 g/mol. The second kappa shape index (κ2) is 3.87. The number of benzene rings is 1. The molecule has 0 radical (unpaired) electrons. The molecule has 1 atom stereocenters. The maximum Gasteiger partial charge on any atom is 0.127 e. The molecular weight excluding hydrogens is 171 g/mol. The molecule has 0 aromatic heterocycles. The van der Waals surface area contributed by atoms with Gasteiger partial charge in [-0.1, -0.05) is 0 Å². The third-order valence-electron chi connectivity index (χ3n) is 1.63. The summed E-state index contributed by atoms with van der Waals surface area (Å²) in [5.41, 5.74) is 5.82. The summed E-state index contributed by atoms with van der Waals surface area (Å²) in [6.45, 7) is 0. The first kappa shape index (κ1) is 9.49. The molecule has 0 aliphatic heterocycles. The first-order valence-electron chi connectivity index (χ1n) is 3.67. The topological polar surface area (TPSA) is 59.0 Å². The van der Waals surface area contributed by atoms with Gasteiger partial charge in [-0.2, -0.15) is 5.26 Å². The predicted octanol–water partition coefficient (Wildman–Crippen LogP) is 1.36. The molecule has 0 unspecified atom stereocenters. The fraction of sp³-hybridized carbons (Fsp3) is 0.222. The lowest BCUT2D eigenvalue weighted by Gasteiger charge is -2.05. The number of nitrogens with zero attached hydrogens (tertiary/aromatic N) is 1. The van der Waals surface area contributed by atoms with Crippen LogP contribution in [0.5, 0.6) is 5.75 Å². The van der Waals surface area contributed by atoms with Gasteiger partial charge in [-0.25, -0.2) is 4.39 Å². The van der Waals surface area contributed by atoms with Gasteiger partial charge in [0, 0.05) is 6.07 Å². The Morgan fingerprint density at radius 3 is 2.77 bits per heavy atom. The quantitative estimate of drug-likeness (QED) is 0.747. The molecule has 0 aliphatic carbocycles. The molecule has 4 heteroatoms. The van der Waals surface area contributed by atoms with E-state index in [0.29, 0.717) is 11.3 Å². The van der Waals surface area contributed by atoms with E-state index in [1.54, 1.807) is 0 Å². The van der Waals surface area contributed by atoms with E-state index in [-0.39, 0.29) is 0 Å². The molecule has 0 spiro atoms. The summed E-state index contributed by atoms with van der Waals surface area (Å²) in [4.78, 5) is 0. The number of nitriles is 1. The summed E-state index contributed by atoms with van der Waals surface area (Å²) >= 11 is 0. The molecule has 3 nitrogen and oxygen atoms in total. The smallest absolute Gasteiger partial charge is 0.127 e. The maximum absolute atomic E-state index is 12.9. The van der Waals surface area contributed by atoms with Crippen molar-refractivity contribution in [1.29, 1.82) is 5.26 Å². The molecule has 0 fully saturated rings. The van der Waals surface area contributed by atoms with Gasteiger partial charge in [-0.15, -0.1) is 0 Å². The summed E-state index contributed by atoms with van der Waals surface area (Å²) < 4.78 is 17.7. The molecule has 68 valence electrons. The lowest BCUT2D eigenvalue weighted by atomic mass is 10.1. The van der Waals surface area contributed by atoms with Gasteiger partial charge < -0.3 is 10.5 Å². The van der Waals surface area contributed by atoms with Crippen LogP contribution >= 0.6 is 0 Å². The normalized spacial score (nSPS) is 11.8. The summed E-state index contributed by atoms with van der Waals surface area (Å²) in [6.07, 6.45) is 0. The predicted molar refractivity (Wildman–Crippen MR) is 45.5 cm³/mol. The number of nitrogens with two attached hydrogens (primary N) is 1. The molecule has 0 saturated heterocycles. The van der Waals surface area contributed by atoms with Crippen LogP contribution in [-0.4, -0.2) is 7.11 Å². The van der Waals surface area contributed by atoms with Gasteiger partial charge in [0.05, 0.1) is 13.2 Å². The molecule has 2 N–H and O–H groups in total. The van der Waals surface area contributed by atoms with E-state index < -0.39 is 11.9 Å². The van der Waals surface area contributed by atoms with Crippen molar-refractivity contribution in [2.45, 2.75) is 6.04 Å². The summed E-state index contributed by atoms with van der Waals surface area (Å²) in [5.74, 6) is -0.0965. The Morgan fingerprint density at radius 2 is 2.23 bits per heavy atom. The Labute approximate surface area is 75.5 Å². The minimum atomic E-state index is -0.815. The Balaban J connectivity index is 3.10. The van der Waals surface area contributed by atoms with Crippen molar-refractivity contribution in [3.63, 3.8) is 0 Å². The first-order valence-corrected chi connectivity index (χ1v) is 3.67. The second-order valence-corrected chi connectivity index (χ2v) is 2.53. The Hall–Kier alpha value is -1.60. The van der Waals surface area contributed by atoms with Crippen LogP contribution in [0.3, 0.4) is 0 Å². The minimum absolute atomic E-state index is 0.362. The molecule has 0 bridgehead atoms. The Kier molecular flexibility index (Phi) is 2.83. The van der Waals surface area contributed by atoms with Gasteiger partial charge in [0.15, 0.2) is 0 Å². The Morgan fingerprint density at radius 1 is 1.54 bits per heavy atom. The van der Waals surface area contributed by atoms with Crippen LogP contribution in [0.2, 0.25) is 0 Å². The molecular formula is C9H9FN2O. The number of rotatable bonds is 2. The highest BCUT2D eigenvalue weighted by molar-refractivity contribution is 5.33. The van der Waals surface area contributed by atoms with Crippen LogP contribution in [-0.2, 0) is 0 Å². The summed E-state index contributed by atoms with van der Waals surface area (Å²) in [5, 5.41) is 8.50. The first-order chi connectivity index (χ1) is 6.17. The second-order valence-electron chi connectivity index (χ2n) is 2.53. The van der Waals surface area contributed by atoms with E-state index in [1.165, 1.54) is 25.3 Å². The van der Waals surface area contributed by atoms with Gasteiger partial charge >= 0.3 is 0 Å². The van der Waals surface area contributed by atoms with Gasteiger partial charge in [0.2, 0.25) is 0 Å². The average Bonchev–Trinajstić information content (AvgIpc) is 2.15. The van der Waals surface area contributed by atoms with Crippen LogP contribution in [0.4, 0.5) is 4.39 Å². The molecule has 1 aromatic rings. The fourth-order valence-electron chi connectivity index (χ4n) is 0.956. The van der Waals surface area contributed by atoms with Crippen molar-refractivity contribution in [2.75, 3.05) is 7.11 Å². The molecule has 13 heavy (non-hydrogen) atoms. The van der Waals surface area contributed by atoms with Crippen LogP contribution in [0.25, 0.3) is 0 Å². The minimum Gasteiger partial charge on any atom is -0.497 e.